The fourth-order valence-electron chi connectivity index (χ4n) is 2.17. The first kappa shape index (κ1) is 14.1. The van der Waals surface area contributed by atoms with Gasteiger partial charge in [0.2, 0.25) is 5.91 Å². The second kappa shape index (κ2) is 6.71. The fraction of sp³-hybridized carbons (Fsp3) is 0.562. The number of nitrogens with one attached hydrogen (secondary N) is 2. The molecule has 104 valence electrons. The number of benzene rings is 1. The van der Waals surface area contributed by atoms with Crippen molar-refractivity contribution < 1.29 is 4.79 Å². The van der Waals surface area contributed by atoms with Crippen LogP contribution in [0.1, 0.15) is 38.7 Å². The van der Waals surface area contributed by atoms with Gasteiger partial charge in [-0.05, 0) is 45.1 Å². The first-order chi connectivity index (χ1) is 9.15. The molecule has 2 unspecified atom stereocenters. The molecule has 0 spiro atoms. The third-order valence-electron chi connectivity index (χ3n) is 3.56. The van der Waals surface area contributed by atoms with E-state index in [9.17, 15) is 4.79 Å². The summed E-state index contributed by atoms with van der Waals surface area (Å²) in [5.74, 6) is 0.133. The summed E-state index contributed by atoms with van der Waals surface area (Å²) in [6.07, 6.45) is 4.38. The lowest BCUT2D eigenvalue weighted by atomic mass is 10.1. The van der Waals surface area contributed by atoms with Crippen molar-refractivity contribution in [2.75, 3.05) is 0 Å². The van der Waals surface area contributed by atoms with Crippen molar-refractivity contribution in [3.8, 4) is 0 Å². The molecule has 1 saturated carbocycles. The monoisotopic (exact) mass is 260 g/mol. The minimum atomic E-state index is -0.105. The van der Waals surface area contributed by atoms with E-state index < -0.39 is 0 Å². The number of hydrogen-bond donors (Lipinski definition) is 2. The number of hydrogen-bond acceptors (Lipinski definition) is 2. The van der Waals surface area contributed by atoms with Crippen LogP contribution in [0.25, 0.3) is 0 Å². The zero-order valence-corrected chi connectivity index (χ0v) is 11.9. The van der Waals surface area contributed by atoms with Gasteiger partial charge in [-0.2, -0.15) is 0 Å². The molecule has 2 rings (SSSR count). The van der Waals surface area contributed by atoms with Crippen LogP contribution < -0.4 is 10.6 Å². The number of amides is 1. The summed E-state index contributed by atoms with van der Waals surface area (Å²) in [5.41, 5.74) is 1.35. The molecule has 1 aliphatic rings. The lowest BCUT2D eigenvalue weighted by Crippen LogP contribution is -2.46. The Bertz CT molecular complexity index is 400. The van der Waals surface area contributed by atoms with Crippen molar-refractivity contribution >= 4 is 5.91 Å². The van der Waals surface area contributed by atoms with Crippen molar-refractivity contribution in [1.29, 1.82) is 0 Å². The smallest absolute Gasteiger partial charge is 0.237 e. The standard InChI is InChI=1S/C16H24N2O/c1-12(8-9-14-6-4-3-5-7-14)17-13(2)16(19)18-15-10-11-15/h3-7,12-13,15,17H,8-11H2,1-2H3,(H,18,19). The van der Waals surface area contributed by atoms with E-state index in [1.165, 1.54) is 5.56 Å². The molecule has 19 heavy (non-hydrogen) atoms. The van der Waals surface area contributed by atoms with Gasteiger partial charge in [0.1, 0.15) is 0 Å². The lowest BCUT2D eigenvalue weighted by Gasteiger charge is -2.19. The summed E-state index contributed by atoms with van der Waals surface area (Å²) < 4.78 is 0. The SMILES string of the molecule is CC(CCc1ccccc1)NC(C)C(=O)NC1CC1. The van der Waals surface area contributed by atoms with E-state index in [4.69, 9.17) is 0 Å². The van der Waals surface area contributed by atoms with Crippen LogP contribution in [0, 0.1) is 0 Å². The highest BCUT2D eigenvalue weighted by molar-refractivity contribution is 5.81. The molecule has 0 bridgehead atoms. The normalized spacial score (nSPS) is 17.8. The van der Waals surface area contributed by atoms with Gasteiger partial charge in [0, 0.05) is 12.1 Å². The van der Waals surface area contributed by atoms with Gasteiger partial charge < -0.3 is 10.6 Å². The van der Waals surface area contributed by atoms with E-state index in [-0.39, 0.29) is 11.9 Å². The van der Waals surface area contributed by atoms with Crippen LogP contribution in [0.5, 0.6) is 0 Å². The van der Waals surface area contributed by atoms with E-state index in [1.807, 2.05) is 13.0 Å². The molecule has 1 aliphatic carbocycles. The first-order valence-electron chi connectivity index (χ1n) is 7.25. The van der Waals surface area contributed by atoms with Crippen molar-refractivity contribution in [1.82, 2.24) is 10.6 Å². The van der Waals surface area contributed by atoms with Gasteiger partial charge in [-0.3, -0.25) is 4.79 Å². The molecule has 0 saturated heterocycles. The molecule has 1 fully saturated rings. The summed E-state index contributed by atoms with van der Waals surface area (Å²) in [7, 11) is 0. The van der Waals surface area contributed by atoms with Crippen LogP contribution in [-0.4, -0.2) is 24.0 Å². The van der Waals surface area contributed by atoms with Gasteiger partial charge in [0.25, 0.3) is 0 Å². The summed E-state index contributed by atoms with van der Waals surface area (Å²) in [6.45, 7) is 4.08. The van der Waals surface area contributed by atoms with Crippen molar-refractivity contribution in [3.05, 3.63) is 35.9 Å². The number of aryl methyl sites for hydroxylation is 1. The fourth-order valence-corrected chi connectivity index (χ4v) is 2.17. The van der Waals surface area contributed by atoms with Crippen LogP contribution in [0.2, 0.25) is 0 Å². The summed E-state index contributed by atoms with van der Waals surface area (Å²) >= 11 is 0. The highest BCUT2D eigenvalue weighted by Crippen LogP contribution is 2.18. The van der Waals surface area contributed by atoms with Crippen molar-refractivity contribution in [2.24, 2.45) is 0 Å². The van der Waals surface area contributed by atoms with Crippen LogP contribution in [0.15, 0.2) is 30.3 Å². The Balaban J connectivity index is 1.68. The molecule has 3 nitrogen and oxygen atoms in total. The second-order valence-corrected chi connectivity index (χ2v) is 5.60. The number of carbonyl (C=O) groups excluding carboxylic acids is 1. The zero-order valence-electron chi connectivity index (χ0n) is 11.9. The lowest BCUT2D eigenvalue weighted by molar-refractivity contribution is -0.123. The van der Waals surface area contributed by atoms with Crippen molar-refractivity contribution in [2.45, 2.75) is 57.7 Å². The molecule has 2 atom stereocenters. The highest BCUT2D eigenvalue weighted by atomic mass is 16.2. The zero-order chi connectivity index (χ0) is 13.7. The van der Waals surface area contributed by atoms with Gasteiger partial charge in [-0.15, -0.1) is 0 Å². The Labute approximate surface area is 115 Å². The average Bonchev–Trinajstić information content (AvgIpc) is 3.21. The average molecular weight is 260 g/mol. The Hall–Kier alpha value is -1.35. The predicted molar refractivity (Wildman–Crippen MR) is 78.0 cm³/mol. The second-order valence-electron chi connectivity index (χ2n) is 5.60. The van der Waals surface area contributed by atoms with E-state index >= 15 is 0 Å². The van der Waals surface area contributed by atoms with Gasteiger partial charge in [0.05, 0.1) is 6.04 Å². The summed E-state index contributed by atoms with van der Waals surface area (Å²) in [6, 6.07) is 11.2. The van der Waals surface area contributed by atoms with Crippen LogP contribution in [-0.2, 0) is 11.2 Å². The van der Waals surface area contributed by atoms with E-state index in [1.54, 1.807) is 0 Å². The molecular weight excluding hydrogens is 236 g/mol. The molecule has 1 amide bonds. The van der Waals surface area contributed by atoms with E-state index in [2.05, 4.69) is 41.8 Å². The molecular formula is C16H24N2O. The molecule has 1 aromatic carbocycles. The molecule has 3 heteroatoms. The maximum atomic E-state index is 11.8. The summed E-state index contributed by atoms with van der Waals surface area (Å²) in [5, 5.41) is 6.40. The molecule has 0 aliphatic heterocycles. The van der Waals surface area contributed by atoms with Crippen LogP contribution in [0.4, 0.5) is 0 Å². The number of carbonyl (C=O) groups is 1. The predicted octanol–water partition coefficient (Wildman–Crippen LogP) is 2.26. The topological polar surface area (TPSA) is 41.1 Å². The first-order valence-corrected chi connectivity index (χ1v) is 7.25. The summed E-state index contributed by atoms with van der Waals surface area (Å²) in [4.78, 5) is 11.8. The maximum absolute atomic E-state index is 11.8. The van der Waals surface area contributed by atoms with Gasteiger partial charge in [-0.1, -0.05) is 30.3 Å². The Morgan fingerprint density at radius 2 is 1.95 bits per heavy atom. The molecule has 0 radical (unpaired) electrons. The van der Waals surface area contributed by atoms with Crippen molar-refractivity contribution in [3.63, 3.8) is 0 Å². The van der Waals surface area contributed by atoms with Gasteiger partial charge >= 0.3 is 0 Å². The third kappa shape index (κ3) is 5.03. The highest BCUT2D eigenvalue weighted by Gasteiger charge is 2.25. The maximum Gasteiger partial charge on any atom is 0.237 e. The van der Waals surface area contributed by atoms with Gasteiger partial charge in [-0.25, -0.2) is 0 Å². The third-order valence-corrected chi connectivity index (χ3v) is 3.56. The molecule has 1 aromatic rings. The largest absolute Gasteiger partial charge is 0.352 e. The quantitative estimate of drug-likeness (QED) is 0.789. The molecule has 2 N–H and O–H groups in total. The van der Waals surface area contributed by atoms with E-state index in [0.29, 0.717) is 12.1 Å². The Morgan fingerprint density at radius 1 is 1.26 bits per heavy atom. The van der Waals surface area contributed by atoms with Gasteiger partial charge in [0.15, 0.2) is 0 Å². The molecule has 0 heterocycles. The molecule has 0 aromatic heterocycles. The number of rotatable bonds is 7. The minimum absolute atomic E-state index is 0.105. The van der Waals surface area contributed by atoms with Crippen LogP contribution >= 0.6 is 0 Å². The Kier molecular flexibility index (Phi) is 4.97. The van der Waals surface area contributed by atoms with E-state index in [0.717, 1.165) is 25.7 Å². The minimum Gasteiger partial charge on any atom is -0.352 e. The van der Waals surface area contributed by atoms with Crippen LogP contribution in [0.3, 0.4) is 0 Å². The Morgan fingerprint density at radius 3 is 2.58 bits per heavy atom.